The number of alkyl carbamates (subject to hydrolysis) is 1. The topological polar surface area (TPSA) is 47.6 Å². The number of alkyl halides is 1. The number of methoxy groups -OCH3 is 1. The molecule has 0 unspecified atom stereocenters. The van der Waals surface area contributed by atoms with Gasteiger partial charge in [-0.2, -0.15) is 0 Å². The predicted molar refractivity (Wildman–Crippen MR) is 58.8 cm³/mol. The van der Waals surface area contributed by atoms with E-state index in [4.69, 9.17) is 9.47 Å². The third-order valence-electron chi connectivity index (χ3n) is 1.21. The van der Waals surface area contributed by atoms with Crippen molar-refractivity contribution in [3.63, 3.8) is 0 Å². The van der Waals surface area contributed by atoms with Crippen molar-refractivity contribution in [1.29, 1.82) is 0 Å². The molecular formula is C9H18BrNO3. The maximum Gasteiger partial charge on any atom is 0.407 e. The quantitative estimate of drug-likeness (QED) is 0.792. The van der Waals surface area contributed by atoms with Gasteiger partial charge >= 0.3 is 6.09 Å². The molecule has 0 aromatic heterocycles. The highest BCUT2D eigenvalue weighted by Crippen LogP contribution is 2.06. The van der Waals surface area contributed by atoms with E-state index in [-0.39, 0.29) is 4.83 Å². The van der Waals surface area contributed by atoms with Crippen LogP contribution in [0.2, 0.25) is 0 Å². The van der Waals surface area contributed by atoms with Crippen LogP contribution < -0.4 is 5.32 Å². The maximum absolute atomic E-state index is 11.2. The first kappa shape index (κ1) is 13.7. The monoisotopic (exact) mass is 267 g/mol. The fourth-order valence-corrected chi connectivity index (χ4v) is 1.17. The summed E-state index contributed by atoms with van der Waals surface area (Å²) in [5, 5.41) is 2.64. The van der Waals surface area contributed by atoms with E-state index in [2.05, 4.69) is 21.2 Å². The summed E-state index contributed by atoms with van der Waals surface area (Å²) in [6.45, 7) is 6.52. The molecule has 0 aliphatic carbocycles. The predicted octanol–water partition coefficient (Wildman–Crippen LogP) is 1.92. The van der Waals surface area contributed by atoms with Gasteiger partial charge in [0, 0.05) is 13.7 Å². The van der Waals surface area contributed by atoms with Crippen LogP contribution in [0.4, 0.5) is 4.79 Å². The van der Waals surface area contributed by atoms with Crippen LogP contribution in [-0.2, 0) is 9.47 Å². The molecule has 0 bridgehead atoms. The molecule has 1 amide bonds. The second-order valence-electron chi connectivity index (χ2n) is 3.94. The van der Waals surface area contributed by atoms with E-state index in [1.54, 1.807) is 7.11 Å². The van der Waals surface area contributed by atoms with Crippen LogP contribution in [0, 0.1) is 0 Å². The molecule has 0 aromatic rings. The van der Waals surface area contributed by atoms with E-state index in [0.717, 1.165) is 0 Å². The van der Waals surface area contributed by atoms with Gasteiger partial charge in [0.25, 0.3) is 0 Å². The summed E-state index contributed by atoms with van der Waals surface area (Å²) in [6.07, 6.45) is -0.405. The van der Waals surface area contributed by atoms with Crippen LogP contribution in [0.3, 0.4) is 0 Å². The summed E-state index contributed by atoms with van der Waals surface area (Å²) >= 11 is 3.35. The van der Waals surface area contributed by atoms with Gasteiger partial charge in [0.05, 0.1) is 11.4 Å². The highest BCUT2D eigenvalue weighted by molar-refractivity contribution is 9.09. The van der Waals surface area contributed by atoms with E-state index in [1.165, 1.54) is 0 Å². The standard InChI is InChI=1S/C9H18BrNO3/c1-9(2,3)14-8(12)11-5-7(10)6-13-4/h7H,5-6H2,1-4H3,(H,11,12)/t7-/m1/s1. The molecule has 84 valence electrons. The number of halogens is 1. The van der Waals surface area contributed by atoms with E-state index in [1.807, 2.05) is 20.8 Å². The first-order valence-corrected chi connectivity index (χ1v) is 5.36. The lowest BCUT2D eigenvalue weighted by Gasteiger charge is -2.20. The van der Waals surface area contributed by atoms with Crippen LogP contribution >= 0.6 is 15.9 Å². The number of ether oxygens (including phenoxy) is 2. The minimum atomic E-state index is -0.451. The Balaban J connectivity index is 3.64. The molecule has 0 aliphatic rings. The Kier molecular flexibility index (Phi) is 6.11. The summed E-state index contributed by atoms with van der Waals surface area (Å²) in [5.41, 5.74) is -0.451. The van der Waals surface area contributed by atoms with Crippen molar-refractivity contribution in [3.8, 4) is 0 Å². The molecule has 1 N–H and O–H groups in total. The molecule has 0 radical (unpaired) electrons. The van der Waals surface area contributed by atoms with Gasteiger partial charge in [-0.25, -0.2) is 4.79 Å². The fraction of sp³-hybridized carbons (Fsp3) is 0.889. The first-order valence-electron chi connectivity index (χ1n) is 4.45. The van der Waals surface area contributed by atoms with Crippen LogP contribution in [0.5, 0.6) is 0 Å². The molecule has 0 spiro atoms. The third-order valence-corrected chi connectivity index (χ3v) is 1.80. The molecule has 0 aromatic carbocycles. The van der Waals surface area contributed by atoms with E-state index in [0.29, 0.717) is 13.2 Å². The van der Waals surface area contributed by atoms with Crippen LogP contribution in [-0.4, -0.2) is 36.8 Å². The Morgan fingerprint density at radius 3 is 2.50 bits per heavy atom. The molecule has 1 atom stereocenters. The molecule has 14 heavy (non-hydrogen) atoms. The summed E-state index contributed by atoms with van der Waals surface area (Å²) in [7, 11) is 1.61. The Morgan fingerprint density at radius 2 is 2.07 bits per heavy atom. The number of hydrogen-bond donors (Lipinski definition) is 1. The minimum Gasteiger partial charge on any atom is -0.444 e. The summed E-state index contributed by atoms with van der Waals surface area (Å²) in [4.78, 5) is 11.3. The smallest absolute Gasteiger partial charge is 0.407 e. The third kappa shape index (κ3) is 8.31. The Labute approximate surface area is 93.5 Å². The average Bonchev–Trinajstić information content (AvgIpc) is 1.98. The largest absolute Gasteiger partial charge is 0.444 e. The summed E-state index contributed by atoms with van der Waals surface area (Å²) < 4.78 is 9.95. The van der Waals surface area contributed by atoms with Gasteiger partial charge in [-0.3, -0.25) is 0 Å². The molecule has 0 aliphatic heterocycles. The molecule has 4 nitrogen and oxygen atoms in total. The van der Waals surface area contributed by atoms with E-state index >= 15 is 0 Å². The summed E-state index contributed by atoms with van der Waals surface area (Å²) in [5.74, 6) is 0. The number of rotatable bonds is 4. The van der Waals surface area contributed by atoms with Crippen molar-refractivity contribution in [2.75, 3.05) is 20.3 Å². The molecule has 0 saturated carbocycles. The number of carbonyl (C=O) groups excluding carboxylic acids is 1. The van der Waals surface area contributed by atoms with Crippen LogP contribution in [0.15, 0.2) is 0 Å². The van der Waals surface area contributed by atoms with Gasteiger partial charge in [-0.15, -0.1) is 0 Å². The van der Waals surface area contributed by atoms with Crippen molar-refractivity contribution in [2.24, 2.45) is 0 Å². The molecule has 0 heterocycles. The van der Waals surface area contributed by atoms with Gasteiger partial charge in [-0.1, -0.05) is 15.9 Å². The molecule has 5 heteroatoms. The Bertz CT molecular complexity index is 179. The molecule has 0 rings (SSSR count). The first-order chi connectivity index (χ1) is 6.35. The fourth-order valence-electron chi connectivity index (χ4n) is 0.748. The highest BCUT2D eigenvalue weighted by atomic mass is 79.9. The number of nitrogens with one attached hydrogen (secondary N) is 1. The van der Waals surface area contributed by atoms with E-state index in [9.17, 15) is 4.79 Å². The van der Waals surface area contributed by atoms with Crippen LogP contribution in [0.25, 0.3) is 0 Å². The SMILES string of the molecule is COC[C@H](Br)CNC(=O)OC(C)(C)C. The van der Waals surface area contributed by atoms with Gasteiger partial charge in [0.15, 0.2) is 0 Å². The number of carbonyl (C=O) groups is 1. The second kappa shape index (κ2) is 6.24. The van der Waals surface area contributed by atoms with Crippen LogP contribution in [0.1, 0.15) is 20.8 Å². The second-order valence-corrected chi connectivity index (χ2v) is 5.23. The molecule has 0 saturated heterocycles. The average molecular weight is 268 g/mol. The van der Waals surface area contributed by atoms with Gasteiger partial charge < -0.3 is 14.8 Å². The van der Waals surface area contributed by atoms with Crippen molar-refractivity contribution in [2.45, 2.75) is 31.2 Å². The van der Waals surface area contributed by atoms with Gasteiger partial charge in [-0.05, 0) is 20.8 Å². The zero-order chi connectivity index (χ0) is 11.2. The maximum atomic E-state index is 11.2. The molecular weight excluding hydrogens is 250 g/mol. The minimum absolute atomic E-state index is 0.111. The van der Waals surface area contributed by atoms with Crippen molar-refractivity contribution in [1.82, 2.24) is 5.32 Å². The lowest BCUT2D eigenvalue weighted by molar-refractivity contribution is 0.0524. The summed E-state index contributed by atoms with van der Waals surface area (Å²) in [6, 6.07) is 0. The Hall–Kier alpha value is -0.290. The molecule has 0 fully saturated rings. The van der Waals surface area contributed by atoms with Gasteiger partial charge in [0.1, 0.15) is 5.60 Å². The lowest BCUT2D eigenvalue weighted by atomic mass is 10.2. The number of amides is 1. The van der Waals surface area contributed by atoms with Crippen molar-refractivity contribution < 1.29 is 14.3 Å². The zero-order valence-electron chi connectivity index (χ0n) is 9.09. The number of hydrogen-bond acceptors (Lipinski definition) is 3. The zero-order valence-corrected chi connectivity index (χ0v) is 10.7. The normalized spacial score (nSPS) is 13.5. The highest BCUT2D eigenvalue weighted by Gasteiger charge is 2.16. The van der Waals surface area contributed by atoms with E-state index < -0.39 is 11.7 Å². The lowest BCUT2D eigenvalue weighted by Crippen LogP contribution is -2.36. The van der Waals surface area contributed by atoms with Crippen molar-refractivity contribution >= 4 is 22.0 Å². The van der Waals surface area contributed by atoms with Gasteiger partial charge in [0.2, 0.25) is 0 Å². The Morgan fingerprint density at radius 1 is 1.50 bits per heavy atom. The van der Waals surface area contributed by atoms with Crippen molar-refractivity contribution in [3.05, 3.63) is 0 Å².